The van der Waals surface area contributed by atoms with Crippen molar-refractivity contribution >= 4 is 22.8 Å². The van der Waals surface area contributed by atoms with Crippen LogP contribution in [0.25, 0.3) is 10.9 Å². The fraction of sp³-hybridized carbons (Fsp3) is 0.381. The van der Waals surface area contributed by atoms with Crippen LogP contribution in [0.2, 0.25) is 0 Å². The van der Waals surface area contributed by atoms with Crippen molar-refractivity contribution in [2.45, 2.75) is 45.5 Å². The number of carbonyl (C=O) groups excluding carboxylic acids is 1. The van der Waals surface area contributed by atoms with E-state index in [9.17, 15) is 14.3 Å². The minimum absolute atomic E-state index is 0.113. The van der Waals surface area contributed by atoms with Gasteiger partial charge in [0, 0.05) is 6.07 Å². The van der Waals surface area contributed by atoms with Crippen molar-refractivity contribution in [3.63, 3.8) is 0 Å². The molecule has 0 bridgehead atoms. The summed E-state index contributed by atoms with van der Waals surface area (Å²) < 4.78 is 19.7. The van der Waals surface area contributed by atoms with Gasteiger partial charge in [0.2, 0.25) is 5.88 Å². The Labute approximate surface area is 173 Å². The molecule has 0 saturated carbocycles. The van der Waals surface area contributed by atoms with Gasteiger partial charge in [0.1, 0.15) is 12.0 Å². The largest absolute Gasteiger partial charge is 0.476 e. The van der Waals surface area contributed by atoms with Gasteiger partial charge in [-0.2, -0.15) is 0 Å². The van der Waals surface area contributed by atoms with Gasteiger partial charge in [0.25, 0.3) is 0 Å². The second-order valence-electron chi connectivity index (χ2n) is 7.49. The van der Waals surface area contributed by atoms with Gasteiger partial charge in [-0.15, -0.1) is 5.10 Å². The molecular weight excluding hydrogens is 389 g/mol. The molecule has 2 atom stereocenters. The number of hydrogen-bond acceptors (Lipinski definition) is 5. The molecule has 0 aliphatic heterocycles. The summed E-state index contributed by atoms with van der Waals surface area (Å²) in [4.78, 5) is 16.9. The lowest BCUT2D eigenvalue weighted by Crippen LogP contribution is -2.44. The molecule has 160 valence electrons. The van der Waals surface area contributed by atoms with E-state index in [2.05, 4.69) is 25.8 Å². The van der Waals surface area contributed by atoms with E-state index < -0.39 is 23.8 Å². The third-order valence-corrected chi connectivity index (χ3v) is 4.55. The van der Waals surface area contributed by atoms with Crippen molar-refractivity contribution < 1.29 is 19.0 Å². The number of nitrogens with zero attached hydrogens (tertiary/aromatic N) is 2. The van der Waals surface area contributed by atoms with E-state index in [1.807, 2.05) is 30.3 Å². The molecule has 30 heavy (non-hydrogen) atoms. The summed E-state index contributed by atoms with van der Waals surface area (Å²) in [6.07, 6.45) is -1.40. The first-order valence-corrected chi connectivity index (χ1v) is 9.71. The number of aliphatic hydroxyl groups is 1. The minimum atomic E-state index is -1.40. The number of alkyl halides is 1. The average Bonchev–Trinajstić information content (AvgIpc) is 3.08. The van der Waals surface area contributed by atoms with Gasteiger partial charge < -0.3 is 15.2 Å². The summed E-state index contributed by atoms with van der Waals surface area (Å²) in [5.74, 6) is 0.412. The molecule has 2 heterocycles. The highest BCUT2D eigenvalue weighted by Gasteiger charge is 2.30. The second-order valence-corrected chi connectivity index (χ2v) is 7.49. The summed E-state index contributed by atoms with van der Waals surface area (Å²) in [6, 6.07) is 9.44. The molecule has 0 saturated heterocycles. The maximum absolute atomic E-state index is 14.2. The Balaban J connectivity index is 1.87. The van der Waals surface area contributed by atoms with Gasteiger partial charge >= 0.3 is 6.03 Å². The van der Waals surface area contributed by atoms with Crippen LogP contribution in [-0.4, -0.2) is 38.5 Å². The molecule has 2 aromatic heterocycles. The van der Waals surface area contributed by atoms with E-state index in [1.165, 1.54) is 6.92 Å². The smallest absolute Gasteiger partial charge is 0.320 e. The number of carbonyl (C=O) groups is 1. The van der Waals surface area contributed by atoms with Crippen molar-refractivity contribution in [3.8, 4) is 5.88 Å². The lowest BCUT2D eigenvalue weighted by atomic mass is 9.92. The Bertz CT molecular complexity index is 1010. The first kappa shape index (κ1) is 21.5. The van der Waals surface area contributed by atoms with Crippen LogP contribution >= 0.6 is 0 Å². The molecule has 2 amide bonds. The fourth-order valence-electron chi connectivity index (χ4n) is 3.23. The molecule has 0 aliphatic rings. The summed E-state index contributed by atoms with van der Waals surface area (Å²) in [6.45, 7) is 6.75. The van der Waals surface area contributed by atoms with E-state index >= 15 is 0 Å². The highest BCUT2D eigenvalue weighted by Crippen LogP contribution is 2.32. The number of hydrogen-bond donors (Lipinski definition) is 4. The Morgan fingerprint density at radius 3 is 2.63 bits per heavy atom. The number of aromatic nitrogens is 3. The zero-order valence-electron chi connectivity index (χ0n) is 17.4. The number of anilines is 1. The van der Waals surface area contributed by atoms with Crippen LogP contribution in [0.3, 0.4) is 0 Å². The van der Waals surface area contributed by atoms with Crippen LogP contribution in [0.5, 0.6) is 5.88 Å². The van der Waals surface area contributed by atoms with Gasteiger partial charge in [-0.25, -0.2) is 14.2 Å². The number of fused-ring (bicyclic) bond motifs is 1. The third kappa shape index (κ3) is 4.68. The van der Waals surface area contributed by atoms with Crippen LogP contribution in [0.4, 0.5) is 15.0 Å². The number of ether oxygens (including phenoxy) is 1. The van der Waals surface area contributed by atoms with Gasteiger partial charge in [0.15, 0.2) is 0 Å². The monoisotopic (exact) mass is 415 g/mol. The number of halogens is 1. The van der Waals surface area contributed by atoms with E-state index in [1.54, 1.807) is 26.8 Å². The molecular formula is C21H26FN5O3. The third-order valence-electron chi connectivity index (χ3n) is 4.55. The molecule has 3 rings (SSSR count). The first-order chi connectivity index (χ1) is 14.2. The Morgan fingerprint density at radius 1 is 1.33 bits per heavy atom. The summed E-state index contributed by atoms with van der Waals surface area (Å²) in [7, 11) is 0. The van der Waals surface area contributed by atoms with Gasteiger partial charge in [-0.3, -0.25) is 10.4 Å². The quantitative estimate of drug-likeness (QED) is 0.466. The molecule has 8 nitrogen and oxygen atoms in total. The van der Waals surface area contributed by atoms with Crippen molar-refractivity contribution in [1.82, 2.24) is 20.5 Å². The zero-order valence-corrected chi connectivity index (χ0v) is 17.4. The Morgan fingerprint density at radius 2 is 2.03 bits per heavy atom. The molecule has 0 fully saturated rings. The topological polar surface area (TPSA) is 112 Å². The van der Waals surface area contributed by atoms with Crippen LogP contribution in [0.15, 0.2) is 36.4 Å². The summed E-state index contributed by atoms with van der Waals surface area (Å²) in [5, 5.41) is 23.2. The first-order valence-electron chi connectivity index (χ1n) is 9.71. The number of urea groups is 1. The van der Waals surface area contributed by atoms with Crippen LogP contribution < -0.4 is 15.4 Å². The average molecular weight is 415 g/mol. The number of amides is 2. The molecule has 1 aromatic carbocycles. The molecule has 2 unspecified atom stereocenters. The standard InChI is InChI=1S/C21H26FN5O3/c1-5-30-19-16-14(26-27-19)11-15(23-17(16)12(2)22)24-20(28)25-18(21(3,4)29)13-9-7-6-8-10-13/h6-12,18,29H,5H2,1-4H3,(H,26,27)(H2,23,24,25,28). The SMILES string of the molecule is CCOc1n[nH]c2cc(NC(=O)NC(c3ccccc3)C(C)(C)O)nc(C(C)F)c12. The lowest BCUT2D eigenvalue weighted by molar-refractivity contribution is 0.0415. The van der Waals surface area contributed by atoms with E-state index in [4.69, 9.17) is 4.74 Å². The molecule has 0 spiro atoms. The zero-order chi connectivity index (χ0) is 21.9. The number of aromatic amines is 1. The highest BCUT2D eigenvalue weighted by atomic mass is 19.1. The van der Waals surface area contributed by atoms with Crippen LogP contribution in [0, 0.1) is 0 Å². The second kappa shape index (κ2) is 8.66. The molecule has 0 radical (unpaired) electrons. The molecule has 0 aliphatic carbocycles. The van der Waals surface area contributed by atoms with Gasteiger partial charge in [0.05, 0.1) is 34.8 Å². The summed E-state index contributed by atoms with van der Waals surface area (Å²) >= 11 is 0. The lowest BCUT2D eigenvalue weighted by Gasteiger charge is -2.30. The van der Waals surface area contributed by atoms with Crippen LogP contribution in [0.1, 0.15) is 51.2 Å². The molecule has 9 heteroatoms. The molecule has 4 N–H and O–H groups in total. The predicted octanol–water partition coefficient (Wildman–Crippen LogP) is 4.02. The normalized spacial score (nSPS) is 13.7. The molecule has 3 aromatic rings. The highest BCUT2D eigenvalue weighted by molar-refractivity contribution is 5.93. The minimum Gasteiger partial charge on any atom is -0.476 e. The number of nitrogens with one attached hydrogen (secondary N) is 3. The van der Waals surface area contributed by atoms with E-state index in [0.29, 0.717) is 17.5 Å². The van der Waals surface area contributed by atoms with Crippen molar-refractivity contribution in [3.05, 3.63) is 47.7 Å². The van der Waals surface area contributed by atoms with Gasteiger partial charge in [-0.1, -0.05) is 30.3 Å². The maximum Gasteiger partial charge on any atom is 0.320 e. The van der Waals surface area contributed by atoms with Crippen molar-refractivity contribution in [2.24, 2.45) is 0 Å². The number of H-pyrrole nitrogens is 1. The van der Waals surface area contributed by atoms with Crippen molar-refractivity contribution in [2.75, 3.05) is 11.9 Å². The van der Waals surface area contributed by atoms with E-state index in [-0.39, 0.29) is 17.4 Å². The van der Waals surface area contributed by atoms with E-state index in [0.717, 1.165) is 5.56 Å². The Kier molecular flexibility index (Phi) is 6.21. The number of benzene rings is 1. The Hall–Kier alpha value is -3.20. The van der Waals surface area contributed by atoms with Crippen LogP contribution in [-0.2, 0) is 0 Å². The van der Waals surface area contributed by atoms with Gasteiger partial charge in [-0.05, 0) is 33.3 Å². The summed E-state index contributed by atoms with van der Waals surface area (Å²) in [5.41, 5.74) is 0.133. The number of pyridine rings is 1. The maximum atomic E-state index is 14.2. The number of rotatable bonds is 7. The van der Waals surface area contributed by atoms with Crippen molar-refractivity contribution in [1.29, 1.82) is 0 Å². The fourth-order valence-corrected chi connectivity index (χ4v) is 3.23. The predicted molar refractivity (Wildman–Crippen MR) is 112 cm³/mol.